The van der Waals surface area contributed by atoms with Crippen molar-refractivity contribution in [3.63, 3.8) is 0 Å². The van der Waals surface area contributed by atoms with Crippen LogP contribution in [0.1, 0.15) is 10.4 Å². The summed E-state index contributed by atoms with van der Waals surface area (Å²) in [4.78, 5) is 24.2. The van der Waals surface area contributed by atoms with E-state index in [4.69, 9.17) is 0 Å². The van der Waals surface area contributed by atoms with Crippen molar-refractivity contribution in [2.24, 2.45) is 7.05 Å². The largest absolute Gasteiger partial charge is 0.326 e. The first-order valence-electron chi connectivity index (χ1n) is 7.18. The molecular formula is C15H15FN4O4S. The second-order valence-corrected chi connectivity index (χ2v) is 7.55. The number of nitrogens with one attached hydrogen (secondary N) is 1. The number of carbonyl (C=O) groups excluding carboxylic acids is 1. The van der Waals surface area contributed by atoms with Crippen molar-refractivity contribution in [3.8, 4) is 0 Å². The highest BCUT2D eigenvalue weighted by Crippen LogP contribution is 2.41. The molecule has 1 aromatic carbocycles. The molecule has 8 nitrogen and oxygen atoms in total. The first-order valence-corrected chi connectivity index (χ1v) is 8.57. The predicted octanol–water partition coefficient (Wildman–Crippen LogP) is 0.907. The Hall–Kier alpha value is -2.88. The van der Waals surface area contributed by atoms with E-state index in [0.29, 0.717) is 0 Å². The van der Waals surface area contributed by atoms with Crippen LogP contribution >= 0.6 is 0 Å². The Bertz CT molecular complexity index is 1050. The van der Waals surface area contributed by atoms with E-state index in [0.717, 1.165) is 14.7 Å². The maximum absolute atomic E-state index is 14.3. The Kier molecular flexibility index (Phi) is 3.79. The van der Waals surface area contributed by atoms with Crippen LogP contribution in [-0.2, 0) is 17.3 Å². The fourth-order valence-corrected chi connectivity index (χ4v) is 3.70. The van der Waals surface area contributed by atoms with Crippen molar-refractivity contribution in [2.45, 2.75) is 0 Å². The third-order valence-electron chi connectivity index (χ3n) is 4.05. The average Bonchev–Trinajstić information content (AvgIpc) is 2.71. The van der Waals surface area contributed by atoms with E-state index in [9.17, 15) is 22.4 Å². The number of fused-ring (bicyclic) bond motifs is 1. The molecule has 1 aliphatic heterocycles. The number of carbonyl (C=O) groups is 1. The van der Waals surface area contributed by atoms with Gasteiger partial charge in [-0.15, -0.1) is 0 Å². The van der Waals surface area contributed by atoms with Crippen molar-refractivity contribution in [1.82, 2.24) is 4.57 Å². The second kappa shape index (κ2) is 5.59. The molecule has 0 saturated carbocycles. The quantitative estimate of drug-likeness (QED) is 0.855. The lowest BCUT2D eigenvalue weighted by atomic mass is 10.2. The number of aryl methyl sites for hydroxylation is 1. The highest BCUT2D eigenvalue weighted by Gasteiger charge is 2.36. The summed E-state index contributed by atoms with van der Waals surface area (Å²) in [5, 5.41) is 2.32. The second-order valence-electron chi connectivity index (χ2n) is 5.56. The van der Waals surface area contributed by atoms with E-state index in [-0.39, 0.29) is 22.6 Å². The lowest BCUT2D eigenvalue weighted by Gasteiger charge is -2.13. The van der Waals surface area contributed by atoms with Crippen LogP contribution in [0.4, 0.5) is 21.5 Å². The minimum Gasteiger partial charge on any atom is -0.319 e. The summed E-state index contributed by atoms with van der Waals surface area (Å²) in [5.41, 5.74) is -0.509. The molecule has 132 valence electrons. The zero-order valence-corrected chi connectivity index (χ0v) is 14.5. The summed E-state index contributed by atoms with van der Waals surface area (Å²) in [5.74, 6) is -1.59. The molecule has 1 aromatic heterocycles. The molecular weight excluding hydrogens is 351 g/mol. The fourth-order valence-electron chi connectivity index (χ4n) is 2.54. The van der Waals surface area contributed by atoms with Crippen molar-refractivity contribution < 1.29 is 17.6 Å². The van der Waals surface area contributed by atoms with Gasteiger partial charge < -0.3 is 9.88 Å². The molecule has 2 aromatic rings. The van der Waals surface area contributed by atoms with E-state index < -0.39 is 27.5 Å². The van der Waals surface area contributed by atoms with Crippen LogP contribution < -0.4 is 19.5 Å². The number of benzene rings is 1. The van der Waals surface area contributed by atoms with E-state index in [2.05, 4.69) is 5.32 Å². The standard InChI is InChI=1S/C15H15FN4O4S/c1-18-6-4-5-9(15(18)22)14(21)17-11-8-13-12(7-10(11)16)19(2)25(23,24)20(13)3/h4-8H,1-3H3,(H,17,21). The van der Waals surface area contributed by atoms with Gasteiger partial charge in [0.05, 0.1) is 17.1 Å². The molecule has 0 saturated heterocycles. The number of rotatable bonds is 2. The van der Waals surface area contributed by atoms with Crippen LogP contribution in [0.25, 0.3) is 0 Å². The zero-order chi connectivity index (χ0) is 18.5. The number of anilines is 3. The minimum atomic E-state index is -3.76. The molecule has 0 atom stereocenters. The molecule has 10 heteroatoms. The summed E-state index contributed by atoms with van der Waals surface area (Å²) in [7, 11) is 0.372. The van der Waals surface area contributed by atoms with E-state index in [1.165, 1.54) is 50.1 Å². The van der Waals surface area contributed by atoms with Crippen LogP contribution in [0.15, 0.2) is 35.3 Å². The van der Waals surface area contributed by atoms with E-state index in [1.54, 1.807) is 0 Å². The zero-order valence-electron chi connectivity index (χ0n) is 13.6. The maximum atomic E-state index is 14.3. The normalized spacial score (nSPS) is 15.2. The number of amides is 1. The number of halogens is 1. The molecule has 3 rings (SSSR count). The Morgan fingerprint density at radius 3 is 2.36 bits per heavy atom. The first-order chi connectivity index (χ1) is 11.6. The summed E-state index contributed by atoms with van der Waals surface area (Å²) in [6.45, 7) is 0. The molecule has 25 heavy (non-hydrogen) atoms. The molecule has 0 aliphatic carbocycles. The first kappa shape index (κ1) is 17.0. The van der Waals surface area contributed by atoms with Crippen LogP contribution in [0.3, 0.4) is 0 Å². The van der Waals surface area contributed by atoms with Gasteiger partial charge in [0.2, 0.25) is 0 Å². The van der Waals surface area contributed by atoms with Crippen molar-refractivity contribution in [3.05, 3.63) is 52.2 Å². The molecule has 1 N–H and O–H groups in total. The molecule has 0 unspecified atom stereocenters. The van der Waals surface area contributed by atoms with Crippen LogP contribution in [0.5, 0.6) is 0 Å². The minimum absolute atomic E-state index is 0.150. The number of aromatic nitrogens is 1. The smallest absolute Gasteiger partial charge is 0.319 e. The van der Waals surface area contributed by atoms with Gasteiger partial charge >= 0.3 is 10.2 Å². The number of nitrogens with zero attached hydrogens (tertiary/aromatic N) is 3. The summed E-state index contributed by atoms with van der Waals surface area (Å²) in [6.07, 6.45) is 1.49. The van der Waals surface area contributed by atoms with Crippen LogP contribution in [0.2, 0.25) is 0 Å². The van der Waals surface area contributed by atoms with E-state index in [1.807, 2.05) is 0 Å². The SMILES string of the molecule is CN1c2cc(F)c(NC(=O)c3cccn(C)c3=O)cc2N(C)S1(=O)=O. The Balaban J connectivity index is 2.01. The van der Waals surface area contributed by atoms with Crippen LogP contribution in [-0.4, -0.2) is 33.0 Å². The van der Waals surface area contributed by atoms with Gasteiger partial charge in [0.25, 0.3) is 11.5 Å². The molecule has 1 aliphatic rings. The third kappa shape index (κ3) is 2.54. The van der Waals surface area contributed by atoms with Gasteiger partial charge in [0.1, 0.15) is 11.4 Å². The Morgan fingerprint density at radius 1 is 1.12 bits per heavy atom. The summed E-state index contributed by atoms with van der Waals surface area (Å²) in [6, 6.07) is 5.09. The van der Waals surface area contributed by atoms with Gasteiger partial charge in [-0.1, -0.05) is 0 Å². The Labute approximate surface area is 143 Å². The molecule has 2 heterocycles. The predicted molar refractivity (Wildman–Crippen MR) is 91.8 cm³/mol. The van der Waals surface area contributed by atoms with Crippen molar-refractivity contribution >= 4 is 33.2 Å². The van der Waals surface area contributed by atoms with Crippen molar-refractivity contribution in [1.29, 1.82) is 0 Å². The lowest BCUT2D eigenvalue weighted by molar-refractivity contribution is 0.102. The topological polar surface area (TPSA) is 91.7 Å². The monoisotopic (exact) mass is 366 g/mol. The highest BCUT2D eigenvalue weighted by atomic mass is 32.2. The van der Waals surface area contributed by atoms with Gasteiger partial charge in [0, 0.05) is 33.4 Å². The van der Waals surface area contributed by atoms with Gasteiger partial charge in [-0.2, -0.15) is 8.42 Å². The molecule has 0 bridgehead atoms. The molecule has 0 radical (unpaired) electrons. The van der Waals surface area contributed by atoms with Gasteiger partial charge in [0.15, 0.2) is 0 Å². The lowest BCUT2D eigenvalue weighted by Crippen LogP contribution is -2.32. The maximum Gasteiger partial charge on any atom is 0.326 e. The van der Waals surface area contributed by atoms with Crippen LogP contribution in [0, 0.1) is 5.82 Å². The van der Waals surface area contributed by atoms with Gasteiger partial charge in [-0.3, -0.25) is 18.2 Å². The summed E-state index contributed by atoms with van der Waals surface area (Å²) < 4.78 is 41.7. The molecule has 1 amide bonds. The van der Waals surface area contributed by atoms with Crippen molar-refractivity contribution in [2.75, 3.05) is 28.0 Å². The van der Waals surface area contributed by atoms with E-state index >= 15 is 0 Å². The van der Waals surface area contributed by atoms with Gasteiger partial charge in [-0.25, -0.2) is 4.39 Å². The third-order valence-corrected chi connectivity index (χ3v) is 5.83. The Morgan fingerprint density at radius 2 is 1.72 bits per heavy atom. The fraction of sp³-hybridized carbons (Fsp3) is 0.200. The number of pyridine rings is 1. The summed E-state index contributed by atoms with van der Waals surface area (Å²) >= 11 is 0. The average molecular weight is 366 g/mol. The number of hydrogen-bond donors (Lipinski definition) is 1. The molecule has 0 fully saturated rings. The highest BCUT2D eigenvalue weighted by molar-refractivity contribution is 7.94. The number of hydrogen-bond acceptors (Lipinski definition) is 4. The van der Waals surface area contributed by atoms with Gasteiger partial charge in [-0.05, 0) is 18.2 Å². The molecule has 0 spiro atoms.